The van der Waals surface area contributed by atoms with Crippen molar-refractivity contribution in [2.45, 2.75) is 63.8 Å². The zero-order valence-electron chi connectivity index (χ0n) is 16.4. The summed E-state index contributed by atoms with van der Waals surface area (Å²) in [6.07, 6.45) is 0. The van der Waals surface area contributed by atoms with Gasteiger partial charge in [-0.05, 0) is 0 Å². The van der Waals surface area contributed by atoms with E-state index >= 15 is 0 Å². The average Bonchev–Trinajstić information content (AvgIpc) is 2.77. The number of benzene rings is 3. The maximum Gasteiger partial charge on any atom is -0.0623 e. The molecule has 27 heavy (non-hydrogen) atoms. The first-order valence-electron chi connectivity index (χ1n) is 9.00. The van der Waals surface area contributed by atoms with Gasteiger partial charge in [-0.1, -0.05) is 173 Å². The van der Waals surface area contributed by atoms with Crippen LogP contribution in [0.25, 0.3) is 0 Å². The molecule has 0 heteroatoms. The standard InChI is InChI=1S/3C6H6.3C2H6.3CH4/c3*1-2-4-6-5-3-1;3*1-2;;;/h3*1-6H;3*1-2H3;3*1H4. The van der Waals surface area contributed by atoms with Gasteiger partial charge in [-0.25, -0.2) is 0 Å². The largest absolute Gasteiger partial charge is 0.0776 e. The molecule has 0 bridgehead atoms. The van der Waals surface area contributed by atoms with E-state index in [1.54, 1.807) is 0 Å². The minimum absolute atomic E-state index is 0. The molecule has 0 saturated carbocycles. The Morgan fingerprint density at radius 2 is 0.222 bits per heavy atom. The van der Waals surface area contributed by atoms with Crippen LogP contribution in [0.1, 0.15) is 63.8 Å². The van der Waals surface area contributed by atoms with Gasteiger partial charge in [0.2, 0.25) is 0 Å². The summed E-state index contributed by atoms with van der Waals surface area (Å²) in [4.78, 5) is 0. The molecule has 0 aliphatic rings. The summed E-state index contributed by atoms with van der Waals surface area (Å²) in [5, 5.41) is 0. The molecule has 0 amide bonds. The van der Waals surface area contributed by atoms with Crippen molar-refractivity contribution in [3.63, 3.8) is 0 Å². The van der Waals surface area contributed by atoms with Gasteiger partial charge in [0.05, 0.1) is 0 Å². The summed E-state index contributed by atoms with van der Waals surface area (Å²) < 4.78 is 0. The Balaban J connectivity index is -0.0000000513. The minimum Gasteiger partial charge on any atom is -0.0776 e. The fourth-order valence-corrected chi connectivity index (χ4v) is 1.15. The second-order valence-corrected chi connectivity index (χ2v) is 3.46. The molecule has 0 fully saturated rings. The number of hydrogen-bond donors (Lipinski definition) is 0. The van der Waals surface area contributed by atoms with Crippen molar-refractivity contribution in [3.05, 3.63) is 109 Å². The van der Waals surface area contributed by atoms with Crippen LogP contribution in [0.3, 0.4) is 0 Å². The van der Waals surface area contributed by atoms with Gasteiger partial charge in [0.1, 0.15) is 0 Å². The van der Waals surface area contributed by atoms with Gasteiger partial charge in [-0.2, -0.15) is 0 Å². The smallest absolute Gasteiger partial charge is 0.0623 e. The first kappa shape index (κ1) is 39.6. The molecule has 0 saturated heterocycles. The third-order valence-corrected chi connectivity index (χ3v) is 2.00. The Morgan fingerprint density at radius 1 is 0.185 bits per heavy atom. The van der Waals surface area contributed by atoms with Crippen LogP contribution in [0, 0.1) is 0 Å². The van der Waals surface area contributed by atoms with Gasteiger partial charge in [0.25, 0.3) is 0 Å². The maximum atomic E-state index is 2.00. The Labute approximate surface area is 173 Å². The molecular formula is C27H48. The van der Waals surface area contributed by atoms with Crippen LogP contribution < -0.4 is 0 Å². The zero-order valence-corrected chi connectivity index (χ0v) is 16.4. The molecule has 0 nitrogen and oxygen atoms in total. The second kappa shape index (κ2) is 49.5. The van der Waals surface area contributed by atoms with Crippen molar-refractivity contribution in [2.75, 3.05) is 0 Å². The predicted molar refractivity (Wildman–Crippen MR) is 134 cm³/mol. The van der Waals surface area contributed by atoms with E-state index in [9.17, 15) is 0 Å². The third-order valence-electron chi connectivity index (χ3n) is 2.00. The summed E-state index contributed by atoms with van der Waals surface area (Å²) in [7, 11) is 0. The van der Waals surface area contributed by atoms with Gasteiger partial charge < -0.3 is 0 Å². The quantitative estimate of drug-likeness (QED) is 0.368. The van der Waals surface area contributed by atoms with Crippen LogP contribution >= 0.6 is 0 Å². The number of hydrogen-bond acceptors (Lipinski definition) is 0. The summed E-state index contributed by atoms with van der Waals surface area (Å²) in [5.41, 5.74) is 0. The number of rotatable bonds is 0. The van der Waals surface area contributed by atoms with Crippen molar-refractivity contribution in [1.29, 1.82) is 0 Å². The normalized spacial score (nSPS) is 6.00. The highest BCUT2D eigenvalue weighted by atomic mass is 13.7. The van der Waals surface area contributed by atoms with Crippen molar-refractivity contribution >= 4 is 0 Å². The van der Waals surface area contributed by atoms with Crippen LogP contribution in [-0.2, 0) is 0 Å². The zero-order chi connectivity index (χ0) is 18.7. The van der Waals surface area contributed by atoms with E-state index in [0.717, 1.165) is 0 Å². The molecule has 3 aromatic carbocycles. The second-order valence-electron chi connectivity index (χ2n) is 3.46. The van der Waals surface area contributed by atoms with E-state index in [4.69, 9.17) is 0 Å². The Bertz CT molecular complexity index is 291. The molecule has 3 aromatic rings. The van der Waals surface area contributed by atoms with Crippen molar-refractivity contribution in [1.82, 2.24) is 0 Å². The fourth-order valence-electron chi connectivity index (χ4n) is 1.15. The van der Waals surface area contributed by atoms with E-state index in [0.29, 0.717) is 0 Å². The lowest BCUT2D eigenvalue weighted by Crippen LogP contribution is -1.47. The highest BCUT2D eigenvalue weighted by molar-refractivity contribution is 5.00. The lowest BCUT2D eigenvalue weighted by atomic mass is 10.4. The molecule has 0 aromatic heterocycles. The summed E-state index contributed by atoms with van der Waals surface area (Å²) in [6, 6.07) is 36.0. The van der Waals surface area contributed by atoms with Crippen LogP contribution in [0.4, 0.5) is 0 Å². The average molecular weight is 373 g/mol. The molecule has 0 heterocycles. The summed E-state index contributed by atoms with van der Waals surface area (Å²) in [6.45, 7) is 12.0. The highest BCUT2D eigenvalue weighted by Crippen LogP contribution is 1.81. The van der Waals surface area contributed by atoms with Crippen LogP contribution in [0.15, 0.2) is 109 Å². The van der Waals surface area contributed by atoms with Crippen molar-refractivity contribution in [2.24, 2.45) is 0 Å². The van der Waals surface area contributed by atoms with E-state index in [1.165, 1.54) is 0 Å². The van der Waals surface area contributed by atoms with Crippen LogP contribution in [-0.4, -0.2) is 0 Å². The molecular weight excluding hydrogens is 324 g/mol. The van der Waals surface area contributed by atoms with Gasteiger partial charge in [0, 0.05) is 0 Å². The van der Waals surface area contributed by atoms with Crippen molar-refractivity contribution in [3.8, 4) is 0 Å². The van der Waals surface area contributed by atoms with Gasteiger partial charge in [-0.3, -0.25) is 0 Å². The molecule has 0 unspecified atom stereocenters. The monoisotopic (exact) mass is 372 g/mol. The van der Waals surface area contributed by atoms with E-state index in [-0.39, 0.29) is 22.3 Å². The molecule has 0 aliphatic heterocycles. The molecule has 3 rings (SSSR count). The van der Waals surface area contributed by atoms with E-state index in [2.05, 4.69) is 0 Å². The minimum atomic E-state index is 0. The lowest BCUT2D eigenvalue weighted by molar-refractivity contribution is 1.50. The first-order valence-corrected chi connectivity index (χ1v) is 9.00. The highest BCUT2D eigenvalue weighted by Gasteiger charge is 1.59. The molecule has 0 radical (unpaired) electrons. The van der Waals surface area contributed by atoms with Crippen LogP contribution in [0.2, 0.25) is 0 Å². The fraction of sp³-hybridized carbons (Fsp3) is 0.333. The Hall–Kier alpha value is -2.34. The molecule has 0 spiro atoms. The van der Waals surface area contributed by atoms with Gasteiger partial charge >= 0.3 is 0 Å². The van der Waals surface area contributed by atoms with Crippen molar-refractivity contribution < 1.29 is 0 Å². The van der Waals surface area contributed by atoms with E-state index in [1.807, 2.05) is 151 Å². The van der Waals surface area contributed by atoms with Gasteiger partial charge in [-0.15, -0.1) is 0 Å². The molecule has 0 atom stereocenters. The Morgan fingerprint density at radius 3 is 0.259 bits per heavy atom. The third kappa shape index (κ3) is 45.3. The SMILES string of the molecule is C.C.C.CC.CC.CC.c1ccccc1.c1ccccc1.c1ccccc1. The molecule has 0 aliphatic carbocycles. The predicted octanol–water partition coefficient (Wildman–Crippen LogP) is 10.0. The first-order chi connectivity index (χ1) is 12.0. The topological polar surface area (TPSA) is 0 Å². The summed E-state index contributed by atoms with van der Waals surface area (Å²) >= 11 is 0. The molecule has 0 N–H and O–H groups in total. The lowest BCUT2D eigenvalue weighted by Gasteiger charge is -1.69. The summed E-state index contributed by atoms with van der Waals surface area (Å²) in [5.74, 6) is 0. The van der Waals surface area contributed by atoms with Crippen LogP contribution in [0.5, 0.6) is 0 Å². The Kier molecular flexibility index (Phi) is 72.7. The van der Waals surface area contributed by atoms with E-state index < -0.39 is 0 Å². The maximum absolute atomic E-state index is 2.00. The molecule has 156 valence electrons. The van der Waals surface area contributed by atoms with Gasteiger partial charge in [0.15, 0.2) is 0 Å².